The molecule has 0 aliphatic carbocycles. The average Bonchev–Trinajstić information content (AvgIpc) is 2.81. The first-order valence-corrected chi connectivity index (χ1v) is 6.57. The second kappa shape index (κ2) is 4.64. The van der Waals surface area contributed by atoms with Gasteiger partial charge in [-0.15, -0.1) is 0 Å². The van der Waals surface area contributed by atoms with Gasteiger partial charge in [0.25, 0.3) is 5.69 Å². The molecule has 1 aromatic carbocycles. The van der Waals surface area contributed by atoms with Crippen molar-refractivity contribution in [1.82, 2.24) is 9.97 Å². The summed E-state index contributed by atoms with van der Waals surface area (Å²) in [4.78, 5) is 18.6. The first-order chi connectivity index (χ1) is 8.92. The molecule has 0 amide bonds. The zero-order valence-corrected chi connectivity index (χ0v) is 11.8. The van der Waals surface area contributed by atoms with Crippen molar-refractivity contribution in [2.24, 2.45) is 0 Å². The van der Waals surface area contributed by atoms with E-state index in [2.05, 4.69) is 30.7 Å². The Hall–Kier alpha value is -1.91. The Labute approximate surface area is 112 Å². The van der Waals surface area contributed by atoms with E-state index in [1.807, 2.05) is 6.07 Å². The van der Waals surface area contributed by atoms with Crippen molar-refractivity contribution >= 4 is 16.7 Å². The monoisotopic (exact) mass is 261 g/mol. The topological polar surface area (TPSA) is 71.8 Å². The molecule has 0 aliphatic heterocycles. The molecule has 102 valence electrons. The Morgan fingerprint density at radius 1 is 1.37 bits per heavy atom. The molecule has 19 heavy (non-hydrogen) atoms. The van der Waals surface area contributed by atoms with Gasteiger partial charge in [-0.3, -0.25) is 10.1 Å². The van der Waals surface area contributed by atoms with E-state index in [1.165, 1.54) is 0 Å². The number of nitrogens with zero attached hydrogens (tertiary/aromatic N) is 2. The van der Waals surface area contributed by atoms with Crippen LogP contribution >= 0.6 is 0 Å². The number of aromatic nitrogens is 2. The fourth-order valence-electron chi connectivity index (χ4n) is 2.26. The summed E-state index contributed by atoms with van der Waals surface area (Å²) in [6, 6.07) is 3.62. The van der Waals surface area contributed by atoms with Gasteiger partial charge in [0, 0.05) is 11.0 Å². The van der Waals surface area contributed by atoms with Crippen LogP contribution in [0.15, 0.2) is 12.1 Å². The molecule has 2 rings (SSSR count). The molecule has 5 heteroatoms. The number of nitrogens with one attached hydrogen (secondary N) is 1. The summed E-state index contributed by atoms with van der Waals surface area (Å²) < 4.78 is 0. The fourth-order valence-corrected chi connectivity index (χ4v) is 2.26. The van der Waals surface area contributed by atoms with Gasteiger partial charge in [-0.2, -0.15) is 0 Å². The molecule has 0 saturated carbocycles. The number of fused-ring (bicyclic) bond motifs is 1. The van der Waals surface area contributed by atoms with E-state index in [9.17, 15) is 10.1 Å². The Balaban J connectivity index is 2.71. The molecule has 0 unspecified atom stereocenters. The van der Waals surface area contributed by atoms with Crippen molar-refractivity contribution in [1.29, 1.82) is 0 Å². The maximum Gasteiger partial charge on any atom is 0.299 e. The van der Waals surface area contributed by atoms with Gasteiger partial charge in [0.15, 0.2) is 5.52 Å². The van der Waals surface area contributed by atoms with Gasteiger partial charge < -0.3 is 4.98 Å². The van der Waals surface area contributed by atoms with Crippen molar-refractivity contribution in [2.45, 2.75) is 46.0 Å². The first kappa shape index (κ1) is 13.5. The smallest absolute Gasteiger partial charge is 0.299 e. The van der Waals surface area contributed by atoms with Gasteiger partial charge in [-0.25, -0.2) is 4.98 Å². The predicted octanol–water partition coefficient (Wildman–Crippen LogP) is 3.86. The van der Waals surface area contributed by atoms with Crippen LogP contribution in [0.5, 0.6) is 0 Å². The molecule has 0 fully saturated rings. The summed E-state index contributed by atoms with van der Waals surface area (Å²) >= 11 is 0. The Kier molecular flexibility index (Phi) is 3.30. The highest BCUT2D eigenvalue weighted by molar-refractivity contribution is 5.86. The molecule has 0 aliphatic rings. The first-order valence-electron chi connectivity index (χ1n) is 6.57. The van der Waals surface area contributed by atoms with Crippen LogP contribution in [0.3, 0.4) is 0 Å². The van der Waals surface area contributed by atoms with Crippen LogP contribution in [0.25, 0.3) is 11.0 Å². The van der Waals surface area contributed by atoms with Crippen LogP contribution in [0.1, 0.15) is 45.0 Å². The molecular weight excluding hydrogens is 242 g/mol. The summed E-state index contributed by atoms with van der Waals surface area (Å²) in [5.74, 6) is 0.834. The van der Waals surface area contributed by atoms with E-state index in [-0.39, 0.29) is 16.0 Å². The van der Waals surface area contributed by atoms with Crippen LogP contribution in [0.4, 0.5) is 5.69 Å². The Morgan fingerprint density at radius 2 is 2.00 bits per heavy atom. The van der Waals surface area contributed by atoms with E-state index < -0.39 is 0 Å². The predicted molar refractivity (Wildman–Crippen MR) is 75.4 cm³/mol. The molecule has 0 bridgehead atoms. The highest BCUT2D eigenvalue weighted by Crippen LogP contribution is 2.33. The van der Waals surface area contributed by atoms with Crippen molar-refractivity contribution < 1.29 is 4.92 Å². The molecule has 5 nitrogen and oxygen atoms in total. The summed E-state index contributed by atoms with van der Waals surface area (Å²) in [6.45, 7) is 8.08. The third-order valence-electron chi connectivity index (χ3n) is 4.14. The molecule has 0 saturated heterocycles. The molecular formula is C14H19N3O2. The summed E-state index contributed by atoms with van der Waals surface area (Å²) in [7, 11) is 0. The number of hydrogen-bond acceptors (Lipinski definition) is 3. The van der Waals surface area contributed by atoms with E-state index in [0.717, 1.165) is 24.2 Å². The molecule has 0 radical (unpaired) electrons. The van der Waals surface area contributed by atoms with E-state index in [1.54, 1.807) is 13.0 Å². The number of imidazole rings is 1. The minimum Gasteiger partial charge on any atom is -0.341 e. The van der Waals surface area contributed by atoms with Gasteiger partial charge in [0.2, 0.25) is 0 Å². The maximum atomic E-state index is 11.2. The highest BCUT2D eigenvalue weighted by atomic mass is 16.6. The van der Waals surface area contributed by atoms with Gasteiger partial charge >= 0.3 is 0 Å². The lowest BCUT2D eigenvalue weighted by molar-refractivity contribution is -0.383. The standard InChI is InChI=1S/C14H19N3O2/c1-5-14(4,6-2)13-15-10-8-7-9(3)12(17(18)19)11(10)16-13/h7-8H,5-6H2,1-4H3,(H,15,16). The normalized spacial score (nSPS) is 12.0. The molecule has 1 heterocycles. The number of aryl methyl sites for hydroxylation is 1. The minimum absolute atomic E-state index is 0.0687. The van der Waals surface area contributed by atoms with Crippen LogP contribution in [0, 0.1) is 17.0 Å². The maximum absolute atomic E-state index is 11.2. The summed E-state index contributed by atoms with van der Waals surface area (Å²) in [5.41, 5.74) is 1.88. The van der Waals surface area contributed by atoms with Gasteiger partial charge in [0.05, 0.1) is 10.4 Å². The number of rotatable bonds is 4. The van der Waals surface area contributed by atoms with E-state index >= 15 is 0 Å². The minimum atomic E-state index is -0.350. The van der Waals surface area contributed by atoms with Crippen LogP contribution in [0.2, 0.25) is 0 Å². The molecule has 0 atom stereocenters. The zero-order valence-electron chi connectivity index (χ0n) is 11.8. The van der Waals surface area contributed by atoms with Gasteiger partial charge in [0.1, 0.15) is 5.82 Å². The lowest BCUT2D eigenvalue weighted by atomic mass is 9.84. The Morgan fingerprint density at radius 3 is 2.53 bits per heavy atom. The van der Waals surface area contributed by atoms with E-state index in [0.29, 0.717) is 11.1 Å². The van der Waals surface area contributed by atoms with E-state index in [4.69, 9.17) is 0 Å². The molecule has 1 aromatic heterocycles. The van der Waals surface area contributed by atoms with Crippen molar-refractivity contribution in [3.05, 3.63) is 33.6 Å². The van der Waals surface area contributed by atoms with Gasteiger partial charge in [-0.05, 0) is 25.8 Å². The molecule has 1 N–H and O–H groups in total. The highest BCUT2D eigenvalue weighted by Gasteiger charge is 2.28. The fraction of sp³-hybridized carbons (Fsp3) is 0.500. The average molecular weight is 261 g/mol. The largest absolute Gasteiger partial charge is 0.341 e. The Bertz CT molecular complexity index is 627. The zero-order chi connectivity index (χ0) is 14.2. The lowest BCUT2D eigenvalue weighted by Crippen LogP contribution is -2.21. The number of aromatic amines is 1. The third-order valence-corrected chi connectivity index (χ3v) is 4.14. The van der Waals surface area contributed by atoms with Crippen LogP contribution < -0.4 is 0 Å². The second-order valence-corrected chi connectivity index (χ2v) is 5.24. The SMILES string of the molecule is CCC(C)(CC)c1nc2c([N+](=O)[O-])c(C)ccc2[nH]1. The molecule has 0 spiro atoms. The quantitative estimate of drug-likeness (QED) is 0.671. The van der Waals surface area contributed by atoms with Crippen LogP contribution in [-0.2, 0) is 5.41 Å². The molecule has 2 aromatic rings. The second-order valence-electron chi connectivity index (χ2n) is 5.24. The van der Waals surface area contributed by atoms with Crippen molar-refractivity contribution in [3.8, 4) is 0 Å². The summed E-state index contributed by atoms with van der Waals surface area (Å²) in [5, 5.41) is 11.2. The number of hydrogen-bond donors (Lipinski definition) is 1. The number of H-pyrrole nitrogens is 1. The van der Waals surface area contributed by atoms with Crippen molar-refractivity contribution in [3.63, 3.8) is 0 Å². The number of benzene rings is 1. The summed E-state index contributed by atoms with van der Waals surface area (Å²) in [6.07, 6.45) is 1.88. The number of nitro groups is 1. The third kappa shape index (κ3) is 2.09. The number of nitro benzene ring substituents is 1. The van der Waals surface area contributed by atoms with Crippen LogP contribution in [-0.4, -0.2) is 14.9 Å². The van der Waals surface area contributed by atoms with Gasteiger partial charge in [-0.1, -0.05) is 26.8 Å². The lowest BCUT2D eigenvalue weighted by Gasteiger charge is -2.23. The van der Waals surface area contributed by atoms with Crippen molar-refractivity contribution in [2.75, 3.05) is 0 Å².